The van der Waals surface area contributed by atoms with Gasteiger partial charge in [0.1, 0.15) is 0 Å². The Balaban J connectivity index is -0.000000919. The molecule has 0 amide bonds. The molecule has 0 saturated heterocycles. The summed E-state index contributed by atoms with van der Waals surface area (Å²) in [5.74, 6) is 0. The number of hydrogen-bond donors (Lipinski definition) is 2. The average molecular weight is 332 g/mol. The van der Waals surface area contributed by atoms with Crippen molar-refractivity contribution in [2.45, 2.75) is 107 Å². The first-order valence-corrected chi connectivity index (χ1v) is 9.65. The van der Waals surface area contributed by atoms with Crippen molar-refractivity contribution in [1.82, 2.24) is 4.90 Å². The normalized spacial score (nSPS) is 12.3. The third-order valence-corrected chi connectivity index (χ3v) is 3.20. The Morgan fingerprint density at radius 1 is 0.739 bits per heavy atom. The van der Waals surface area contributed by atoms with Gasteiger partial charge >= 0.3 is 0 Å². The van der Waals surface area contributed by atoms with Crippen LogP contribution in [0.2, 0.25) is 0 Å². The van der Waals surface area contributed by atoms with Crippen LogP contribution in [0.4, 0.5) is 0 Å². The lowest BCUT2D eigenvalue weighted by Crippen LogP contribution is -2.44. The van der Waals surface area contributed by atoms with Crippen molar-refractivity contribution >= 4 is 0 Å². The number of rotatable bonds is 9. The summed E-state index contributed by atoms with van der Waals surface area (Å²) in [7, 11) is 0. The van der Waals surface area contributed by atoms with Gasteiger partial charge in [0.25, 0.3) is 0 Å². The van der Waals surface area contributed by atoms with Crippen molar-refractivity contribution in [2.24, 2.45) is 16.9 Å². The lowest BCUT2D eigenvalue weighted by molar-refractivity contribution is 0.140. The third kappa shape index (κ3) is 21.9. The second-order valence-corrected chi connectivity index (χ2v) is 8.34. The van der Waals surface area contributed by atoms with Gasteiger partial charge in [0.05, 0.1) is 0 Å². The van der Waals surface area contributed by atoms with E-state index in [1.807, 2.05) is 27.7 Å². The zero-order valence-electron chi connectivity index (χ0n) is 18.3. The Morgan fingerprint density at radius 2 is 1.17 bits per heavy atom. The zero-order chi connectivity index (χ0) is 19.3. The van der Waals surface area contributed by atoms with Crippen LogP contribution in [0.5, 0.6) is 0 Å². The van der Waals surface area contributed by atoms with Crippen LogP contribution in [0.15, 0.2) is 0 Å². The smallest absolute Gasteiger partial charge is 0.0109 e. The Morgan fingerprint density at radius 3 is 1.48 bits per heavy atom. The molecule has 0 unspecified atom stereocenters. The minimum absolute atomic E-state index is 0.0801. The fourth-order valence-corrected chi connectivity index (χ4v) is 2.93. The summed E-state index contributed by atoms with van der Waals surface area (Å²) >= 11 is 0. The molecule has 23 heavy (non-hydrogen) atoms. The summed E-state index contributed by atoms with van der Waals surface area (Å²) in [5.41, 5.74) is 12.3. The zero-order valence-corrected chi connectivity index (χ0v) is 18.3. The summed E-state index contributed by atoms with van der Waals surface area (Å²) in [6.07, 6.45) is 3.26. The van der Waals surface area contributed by atoms with Crippen molar-refractivity contribution in [3.05, 3.63) is 0 Å². The van der Waals surface area contributed by atoms with Gasteiger partial charge in [-0.3, -0.25) is 0 Å². The third-order valence-electron chi connectivity index (χ3n) is 3.20. The molecule has 0 aliphatic carbocycles. The Kier molecular flexibility index (Phi) is 15.9. The molecule has 0 heterocycles. The lowest BCUT2D eigenvalue weighted by Gasteiger charge is -2.37. The first-order valence-electron chi connectivity index (χ1n) is 9.65. The summed E-state index contributed by atoms with van der Waals surface area (Å²) < 4.78 is 0. The van der Waals surface area contributed by atoms with Gasteiger partial charge in [-0.1, -0.05) is 48.5 Å². The molecule has 0 aliphatic heterocycles. The molecule has 0 spiro atoms. The first-order chi connectivity index (χ1) is 10.3. The Hall–Kier alpha value is -0.120. The van der Waals surface area contributed by atoms with E-state index in [9.17, 15) is 0 Å². The van der Waals surface area contributed by atoms with E-state index in [1.54, 1.807) is 0 Å². The predicted octanol–water partition coefficient (Wildman–Crippen LogP) is 5.03. The standard InChI is InChI=1S/C16H37N3.2C2H6/c1-8-10-19(11-9-15(4,5)17)13-14(2,3)12-16(6,7)18;2*1-2/h8-13,17-18H2,1-7H3;2*1-2H3. The maximum Gasteiger partial charge on any atom is 0.0109 e. The van der Waals surface area contributed by atoms with Gasteiger partial charge in [-0.15, -0.1) is 0 Å². The van der Waals surface area contributed by atoms with Crippen molar-refractivity contribution in [1.29, 1.82) is 0 Å². The van der Waals surface area contributed by atoms with Crippen LogP contribution in [0.25, 0.3) is 0 Å². The van der Waals surface area contributed by atoms with Crippen LogP contribution in [0.3, 0.4) is 0 Å². The second kappa shape index (κ2) is 13.2. The van der Waals surface area contributed by atoms with Crippen LogP contribution in [0.1, 0.15) is 95.4 Å². The fraction of sp³-hybridized carbons (Fsp3) is 1.00. The Labute approximate surface area is 148 Å². The molecule has 0 radical (unpaired) electrons. The molecule has 0 aromatic rings. The molecule has 0 atom stereocenters. The first kappa shape index (κ1) is 27.7. The highest BCUT2D eigenvalue weighted by molar-refractivity contribution is 4.85. The van der Waals surface area contributed by atoms with Gasteiger partial charge in [-0.05, 0) is 65.5 Å². The highest BCUT2D eigenvalue weighted by Crippen LogP contribution is 2.28. The molecule has 0 bridgehead atoms. The summed E-state index contributed by atoms with van der Waals surface area (Å²) in [6.45, 7) is 26.6. The van der Waals surface area contributed by atoms with Crippen molar-refractivity contribution in [3.8, 4) is 0 Å². The van der Waals surface area contributed by atoms with E-state index in [1.165, 1.54) is 6.42 Å². The fourth-order valence-electron chi connectivity index (χ4n) is 2.93. The average Bonchev–Trinajstić information content (AvgIpc) is 2.37. The highest BCUT2D eigenvalue weighted by atomic mass is 15.1. The van der Waals surface area contributed by atoms with Gasteiger partial charge in [0.15, 0.2) is 0 Å². The lowest BCUT2D eigenvalue weighted by atomic mass is 9.80. The van der Waals surface area contributed by atoms with Gasteiger partial charge in [0, 0.05) is 17.6 Å². The summed E-state index contributed by atoms with van der Waals surface area (Å²) in [6, 6.07) is 0. The molecule has 4 N–H and O–H groups in total. The maximum absolute atomic E-state index is 6.18. The van der Waals surface area contributed by atoms with Crippen LogP contribution in [-0.2, 0) is 0 Å². The van der Waals surface area contributed by atoms with E-state index in [4.69, 9.17) is 11.5 Å². The Bertz CT molecular complexity index is 247. The van der Waals surface area contributed by atoms with Crippen molar-refractivity contribution < 1.29 is 0 Å². The molecule has 0 aromatic carbocycles. The summed E-state index contributed by atoms with van der Waals surface area (Å²) in [4.78, 5) is 2.54. The number of nitrogens with two attached hydrogens (primary N) is 2. The van der Waals surface area contributed by atoms with E-state index in [-0.39, 0.29) is 16.5 Å². The van der Waals surface area contributed by atoms with Gasteiger partial charge in [-0.25, -0.2) is 0 Å². The van der Waals surface area contributed by atoms with Crippen LogP contribution < -0.4 is 11.5 Å². The molecule has 0 rings (SSSR count). The van der Waals surface area contributed by atoms with E-state index in [0.717, 1.165) is 32.5 Å². The van der Waals surface area contributed by atoms with Gasteiger partial charge < -0.3 is 16.4 Å². The molecular formula is C20H49N3. The molecule has 0 fully saturated rings. The van der Waals surface area contributed by atoms with Crippen LogP contribution >= 0.6 is 0 Å². The van der Waals surface area contributed by atoms with Crippen molar-refractivity contribution in [2.75, 3.05) is 19.6 Å². The van der Waals surface area contributed by atoms with E-state index < -0.39 is 0 Å². The van der Waals surface area contributed by atoms with Gasteiger partial charge in [-0.2, -0.15) is 0 Å². The van der Waals surface area contributed by atoms with Crippen molar-refractivity contribution in [3.63, 3.8) is 0 Å². The molecule has 0 aromatic heterocycles. The topological polar surface area (TPSA) is 55.3 Å². The molecule has 0 aliphatic rings. The molecular weight excluding hydrogens is 282 g/mol. The monoisotopic (exact) mass is 331 g/mol. The number of hydrogen-bond acceptors (Lipinski definition) is 3. The van der Waals surface area contributed by atoms with E-state index in [0.29, 0.717) is 0 Å². The molecule has 144 valence electrons. The minimum Gasteiger partial charge on any atom is -0.326 e. The van der Waals surface area contributed by atoms with E-state index >= 15 is 0 Å². The predicted molar refractivity (Wildman–Crippen MR) is 109 cm³/mol. The number of nitrogens with zero attached hydrogens (tertiary/aromatic N) is 1. The largest absolute Gasteiger partial charge is 0.326 e. The minimum atomic E-state index is -0.103. The SMILES string of the molecule is CC.CC.CCCN(CCC(C)(C)N)CC(C)(C)CC(C)(C)N. The molecule has 3 nitrogen and oxygen atoms in total. The quantitative estimate of drug-likeness (QED) is 0.623. The van der Waals surface area contributed by atoms with Gasteiger partial charge in [0.2, 0.25) is 0 Å². The highest BCUT2D eigenvalue weighted by Gasteiger charge is 2.28. The van der Waals surface area contributed by atoms with Crippen LogP contribution in [-0.4, -0.2) is 35.6 Å². The maximum atomic E-state index is 6.18. The summed E-state index contributed by atoms with van der Waals surface area (Å²) in [5, 5.41) is 0. The molecule has 3 heteroatoms. The van der Waals surface area contributed by atoms with Crippen LogP contribution in [0, 0.1) is 5.41 Å². The van der Waals surface area contributed by atoms with E-state index in [2.05, 4.69) is 53.4 Å². The molecule has 0 saturated carbocycles. The second-order valence-electron chi connectivity index (χ2n) is 8.34.